The predicted molar refractivity (Wildman–Crippen MR) is 137 cm³/mol. The average molecular weight is 543 g/mol. The van der Waals surface area contributed by atoms with Gasteiger partial charge in [0.15, 0.2) is 6.61 Å². The molecule has 0 fully saturated rings. The number of ether oxygens (including phenoxy) is 1. The van der Waals surface area contributed by atoms with Gasteiger partial charge < -0.3 is 10.1 Å². The smallest absolute Gasteiger partial charge is 0.272 e. The summed E-state index contributed by atoms with van der Waals surface area (Å²) in [7, 11) is 0. The lowest BCUT2D eigenvalue weighted by atomic mass is 10.1. The summed E-state index contributed by atoms with van der Waals surface area (Å²) in [5.74, 6) is 0.149. The zero-order chi connectivity index (χ0) is 24.2. The number of aryl methyl sites for hydroxylation is 3. The molecule has 0 heterocycles. The number of benzene rings is 3. The number of fused-ring (bicyclic) bond motifs is 1. The Morgan fingerprint density at radius 2 is 1.88 bits per heavy atom. The van der Waals surface area contributed by atoms with E-state index in [1.54, 1.807) is 24.3 Å². The molecule has 0 aromatic heterocycles. The van der Waals surface area contributed by atoms with Crippen molar-refractivity contribution in [1.29, 1.82) is 0 Å². The summed E-state index contributed by atoms with van der Waals surface area (Å²) in [6, 6.07) is 16.7. The number of hydrogen-bond donors (Lipinski definition) is 3. The third kappa shape index (κ3) is 5.78. The van der Waals surface area contributed by atoms with Crippen molar-refractivity contribution in [2.45, 2.75) is 32.7 Å². The van der Waals surface area contributed by atoms with Gasteiger partial charge in [-0.2, -0.15) is 0 Å². The van der Waals surface area contributed by atoms with Crippen LogP contribution in [0.3, 0.4) is 0 Å². The van der Waals surface area contributed by atoms with Crippen LogP contribution in [0.1, 0.15) is 45.1 Å². The van der Waals surface area contributed by atoms with Crippen LogP contribution in [0.4, 0.5) is 5.69 Å². The minimum Gasteiger partial charge on any atom is -0.484 e. The first kappa shape index (κ1) is 24.3. The lowest BCUT2D eigenvalue weighted by Gasteiger charge is -2.16. The lowest BCUT2D eigenvalue weighted by Crippen LogP contribution is -2.41. The van der Waals surface area contributed by atoms with Gasteiger partial charge in [-0.1, -0.05) is 33.6 Å². The Bertz CT molecular complexity index is 1250. The number of hydrazine groups is 1. The third-order valence-electron chi connectivity index (χ3n) is 5.80. The van der Waals surface area contributed by atoms with E-state index >= 15 is 0 Å². The zero-order valence-corrected chi connectivity index (χ0v) is 21.2. The number of halogens is 2. The van der Waals surface area contributed by atoms with Gasteiger partial charge in [-0.3, -0.25) is 15.0 Å². The van der Waals surface area contributed by atoms with Gasteiger partial charge in [-0.25, -0.2) is 5.43 Å². The first-order chi connectivity index (χ1) is 16.3. The number of anilines is 1. The SMILES string of the molecule is Cc1cc(OCC(=O)NNC2CCc3ccc(NC(=O)c4ccc(Br)cc4C)cc32)ccc1Cl. The van der Waals surface area contributed by atoms with Crippen LogP contribution in [0.5, 0.6) is 5.75 Å². The van der Waals surface area contributed by atoms with E-state index in [0.717, 1.165) is 34.0 Å². The Kier molecular flexibility index (Phi) is 7.56. The van der Waals surface area contributed by atoms with E-state index in [1.165, 1.54) is 5.56 Å². The van der Waals surface area contributed by atoms with Crippen molar-refractivity contribution in [3.05, 3.63) is 91.9 Å². The van der Waals surface area contributed by atoms with E-state index in [0.29, 0.717) is 22.0 Å². The standard InChI is InChI=1S/C26H25BrClN3O3/c1-15-11-18(27)5-8-21(15)26(33)29-19-6-3-17-4-10-24(22(17)13-19)30-31-25(32)14-34-20-7-9-23(28)16(2)12-20/h3,5-9,11-13,24,30H,4,10,14H2,1-2H3,(H,29,33)(H,31,32). The van der Waals surface area contributed by atoms with Crippen LogP contribution < -0.4 is 20.9 Å². The molecule has 1 unspecified atom stereocenters. The van der Waals surface area contributed by atoms with Gasteiger partial charge in [0.05, 0.1) is 6.04 Å². The molecule has 0 saturated carbocycles. The van der Waals surface area contributed by atoms with Gasteiger partial charge in [-0.15, -0.1) is 0 Å². The molecule has 4 rings (SSSR count). The Labute approximate surface area is 212 Å². The van der Waals surface area contributed by atoms with E-state index in [-0.39, 0.29) is 24.5 Å². The summed E-state index contributed by atoms with van der Waals surface area (Å²) < 4.78 is 6.48. The van der Waals surface area contributed by atoms with Gasteiger partial charge in [-0.05, 0) is 97.5 Å². The Morgan fingerprint density at radius 3 is 2.65 bits per heavy atom. The number of rotatable bonds is 7. The number of nitrogens with one attached hydrogen (secondary N) is 3. The summed E-state index contributed by atoms with van der Waals surface area (Å²) in [4.78, 5) is 25.0. The highest BCUT2D eigenvalue weighted by Crippen LogP contribution is 2.33. The second-order valence-electron chi connectivity index (χ2n) is 8.31. The molecule has 2 amide bonds. The van der Waals surface area contributed by atoms with Crippen LogP contribution in [0, 0.1) is 13.8 Å². The molecule has 1 atom stereocenters. The van der Waals surface area contributed by atoms with Gasteiger partial charge in [0.25, 0.3) is 11.8 Å². The van der Waals surface area contributed by atoms with Crippen LogP contribution in [0.2, 0.25) is 5.02 Å². The zero-order valence-electron chi connectivity index (χ0n) is 18.9. The van der Waals surface area contributed by atoms with Crippen molar-refractivity contribution in [2.24, 2.45) is 0 Å². The first-order valence-corrected chi connectivity index (χ1v) is 12.1. The fourth-order valence-electron chi connectivity index (χ4n) is 3.97. The molecule has 1 aliphatic rings. The minimum atomic E-state index is -0.281. The minimum absolute atomic E-state index is 0.0528. The monoisotopic (exact) mass is 541 g/mol. The maximum atomic E-state index is 12.8. The van der Waals surface area contributed by atoms with Crippen LogP contribution in [0.25, 0.3) is 0 Å². The third-order valence-corrected chi connectivity index (χ3v) is 6.72. The van der Waals surface area contributed by atoms with E-state index in [4.69, 9.17) is 16.3 Å². The molecule has 176 valence electrons. The first-order valence-electron chi connectivity index (χ1n) is 10.9. The highest BCUT2D eigenvalue weighted by Gasteiger charge is 2.23. The lowest BCUT2D eigenvalue weighted by molar-refractivity contribution is -0.124. The molecule has 0 aliphatic heterocycles. The molecule has 0 bridgehead atoms. The molecule has 3 aromatic carbocycles. The summed E-state index contributed by atoms with van der Waals surface area (Å²) in [6.07, 6.45) is 1.74. The molecule has 6 nitrogen and oxygen atoms in total. The van der Waals surface area contributed by atoms with Crippen LogP contribution in [0.15, 0.2) is 59.1 Å². The number of amides is 2. The summed E-state index contributed by atoms with van der Waals surface area (Å²) >= 11 is 9.44. The maximum absolute atomic E-state index is 12.8. The quantitative estimate of drug-likeness (QED) is 0.337. The van der Waals surface area contributed by atoms with E-state index in [9.17, 15) is 9.59 Å². The second-order valence-corrected chi connectivity index (χ2v) is 9.63. The van der Waals surface area contributed by atoms with Gasteiger partial charge >= 0.3 is 0 Å². The second kappa shape index (κ2) is 10.6. The molecule has 3 N–H and O–H groups in total. The highest BCUT2D eigenvalue weighted by atomic mass is 79.9. The van der Waals surface area contributed by atoms with Crippen molar-refractivity contribution >= 4 is 45.0 Å². The summed E-state index contributed by atoms with van der Waals surface area (Å²) in [5.41, 5.74) is 11.2. The van der Waals surface area contributed by atoms with Gasteiger partial charge in [0, 0.05) is 20.7 Å². The molecule has 0 radical (unpaired) electrons. The van der Waals surface area contributed by atoms with Crippen molar-refractivity contribution in [3.63, 3.8) is 0 Å². The van der Waals surface area contributed by atoms with E-state index in [1.807, 2.05) is 44.2 Å². The number of hydrogen-bond acceptors (Lipinski definition) is 4. The van der Waals surface area contributed by atoms with Crippen molar-refractivity contribution in [3.8, 4) is 5.75 Å². The van der Waals surface area contributed by atoms with Crippen molar-refractivity contribution in [2.75, 3.05) is 11.9 Å². The molecular formula is C26H25BrClN3O3. The van der Waals surface area contributed by atoms with Crippen molar-refractivity contribution < 1.29 is 14.3 Å². The Morgan fingerprint density at radius 1 is 1.06 bits per heavy atom. The molecule has 0 saturated heterocycles. The highest BCUT2D eigenvalue weighted by molar-refractivity contribution is 9.10. The number of carbonyl (C=O) groups excluding carboxylic acids is 2. The summed E-state index contributed by atoms with van der Waals surface area (Å²) in [6.45, 7) is 3.67. The van der Waals surface area contributed by atoms with E-state index in [2.05, 4.69) is 32.1 Å². The summed E-state index contributed by atoms with van der Waals surface area (Å²) in [5, 5.41) is 3.64. The topological polar surface area (TPSA) is 79.5 Å². The van der Waals surface area contributed by atoms with Crippen LogP contribution >= 0.6 is 27.5 Å². The molecule has 1 aliphatic carbocycles. The number of carbonyl (C=O) groups is 2. The molecule has 8 heteroatoms. The molecule has 3 aromatic rings. The van der Waals surface area contributed by atoms with Crippen LogP contribution in [-0.2, 0) is 11.2 Å². The van der Waals surface area contributed by atoms with Crippen LogP contribution in [-0.4, -0.2) is 18.4 Å². The fourth-order valence-corrected chi connectivity index (χ4v) is 4.56. The predicted octanol–water partition coefficient (Wildman–Crippen LogP) is 5.66. The van der Waals surface area contributed by atoms with Crippen molar-refractivity contribution in [1.82, 2.24) is 10.9 Å². The molecule has 0 spiro atoms. The maximum Gasteiger partial charge on any atom is 0.272 e. The van der Waals surface area contributed by atoms with E-state index < -0.39 is 0 Å². The van der Waals surface area contributed by atoms with Gasteiger partial charge in [0.2, 0.25) is 0 Å². The fraction of sp³-hybridized carbons (Fsp3) is 0.231. The normalized spacial score (nSPS) is 14.4. The Hall–Kier alpha value is -2.87. The molecule has 34 heavy (non-hydrogen) atoms. The van der Waals surface area contributed by atoms with Gasteiger partial charge in [0.1, 0.15) is 5.75 Å². The molecular weight excluding hydrogens is 518 g/mol. The average Bonchev–Trinajstić information content (AvgIpc) is 3.20. The Balaban J connectivity index is 1.34. The largest absolute Gasteiger partial charge is 0.484 e.